The molecule has 1 aromatic carbocycles. The minimum atomic E-state index is -0.427. The monoisotopic (exact) mass is 493 g/mol. The number of rotatable bonds is 5. The molecular formula is C26H25ClFN5O2. The van der Waals surface area contributed by atoms with E-state index in [0.29, 0.717) is 52.2 Å². The molecule has 4 heterocycles. The minimum absolute atomic E-state index is 0.231. The van der Waals surface area contributed by atoms with Gasteiger partial charge in [0.05, 0.1) is 24.1 Å². The van der Waals surface area contributed by atoms with Crippen LogP contribution in [0.2, 0.25) is 5.02 Å². The van der Waals surface area contributed by atoms with E-state index in [0.717, 1.165) is 25.9 Å². The number of hydrogen-bond acceptors (Lipinski definition) is 6. The number of ether oxygens (including phenoxy) is 1. The van der Waals surface area contributed by atoms with E-state index in [1.807, 2.05) is 12.3 Å². The Morgan fingerprint density at radius 2 is 2.00 bits per heavy atom. The van der Waals surface area contributed by atoms with Gasteiger partial charge >= 0.3 is 0 Å². The molecule has 0 atom stereocenters. The van der Waals surface area contributed by atoms with Crippen LogP contribution >= 0.6 is 11.6 Å². The fourth-order valence-electron chi connectivity index (χ4n) is 4.25. The number of fused-ring (bicyclic) bond motifs is 1. The van der Waals surface area contributed by atoms with Gasteiger partial charge in [0.2, 0.25) is 5.91 Å². The van der Waals surface area contributed by atoms with Crippen molar-refractivity contribution < 1.29 is 13.9 Å². The van der Waals surface area contributed by atoms with Crippen LogP contribution in [0, 0.1) is 5.82 Å². The zero-order valence-corrected chi connectivity index (χ0v) is 19.8. The first kappa shape index (κ1) is 23.1. The summed E-state index contributed by atoms with van der Waals surface area (Å²) in [6.45, 7) is 2.99. The molecule has 5 rings (SSSR count). The Labute approximate surface area is 208 Å². The van der Waals surface area contributed by atoms with Gasteiger partial charge in [-0.25, -0.2) is 9.37 Å². The van der Waals surface area contributed by atoms with Crippen molar-refractivity contribution >= 4 is 29.0 Å². The van der Waals surface area contributed by atoms with E-state index in [2.05, 4.69) is 25.5 Å². The van der Waals surface area contributed by atoms with E-state index < -0.39 is 5.82 Å². The average molecular weight is 494 g/mol. The maximum atomic E-state index is 14.6. The van der Waals surface area contributed by atoms with Gasteiger partial charge in [-0.1, -0.05) is 11.6 Å². The predicted molar refractivity (Wildman–Crippen MR) is 135 cm³/mol. The quantitative estimate of drug-likeness (QED) is 0.467. The van der Waals surface area contributed by atoms with Crippen LogP contribution in [0.25, 0.3) is 22.4 Å². The van der Waals surface area contributed by atoms with E-state index in [4.69, 9.17) is 16.3 Å². The summed E-state index contributed by atoms with van der Waals surface area (Å²) in [6.07, 6.45) is 10.2. The van der Waals surface area contributed by atoms with E-state index in [-0.39, 0.29) is 11.5 Å². The Hall–Kier alpha value is -3.65. The van der Waals surface area contributed by atoms with Gasteiger partial charge in [-0.05, 0) is 49.6 Å². The van der Waals surface area contributed by atoms with Crippen LogP contribution < -0.4 is 15.4 Å². The minimum Gasteiger partial charge on any atom is -0.487 e. The van der Waals surface area contributed by atoms with E-state index in [1.165, 1.54) is 18.6 Å². The van der Waals surface area contributed by atoms with Gasteiger partial charge in [-0.2, -0.15) is 0 Å². The lowest BCUT2D eigenvalue weighted by Gasteiger charge is -2.24. The molecule has 0 aliphatic carbocycles. The number of carbonyl (C=O) groups excluding carboxylic acids is 1. The van der Waals surface area contributed by atoms with Gasteiger partial charge in [0.25, 0.3) is 0 Å². The van der Waals surface area contributed by atoms with Gasteiger partial charge < -0.3 is 20.3 Å². The third-order valence-corrected chi connectivity index (χ3v) is 6.20. The highest BCUT2D eigenvalue weighted by atomic mass is 35.5. The Morgan fingerprint density at radius 1 is 1.14 bits per heavy atom. The lowest BCUT2D eigenvalue weighted by molar-refractivity contribution is -0.112. The van der Waals surface area contributed by atoms with Gasteiger partial charge in [-0.3, -0.25) is 9.78 Å². The zero-order valence-electron chi connectivity index (χ0n) is 19.1. The lowest BCUT2D eigenvalue weighted by Crippen LogP contribution is -2.24. The molecule has 1 amide bonds. The number of likely N-dealkylation sites (tertiary alicyclic amines) is 1. The third kappa shape index (κ3) is 5.38. The Balaban J connectivity index is 1.45. The van der Waals surface area contributed by atoms with E-state index in [1.54, 1.807) is 30.6 Å². The summed E-state index contributed by atoms with van der Waals surface area (Å²) in [4.78, 5) is 23.5. The summed E-state index contributed by atoms with van der Waals surface area (Å²) in [5.41, 5.74) is 2.63. The van der Waals surface area contributed by atoms with Crippen LogP contribution in [0.4, 0.5) is 15.9 Å². The molecule has 0 bridgehead atoms. The molecule has 0 unspecified atom stereocenters. The molecule has 2 aromatic heterocycles. The number of pyridine rings is 2. The second-order valence-electron chi connectivity index (χ2n) is 8.50. The first-order valence-corrected chi connectivity index (χ1v) is 12.0. The predicted octanol–water partition coefficient (Wildman–Crippen LogP) is 5.35. The smallest absolute Gasteiger partial charge is 0.249 e. The molecule has 1 fully saturated rings. The molecule has 2 N–H and O–H groups in total. The molecule has 7 nitrogen and oxygen atoms in total. The van der Waals surface area contributed by atoms with Crippen LogP contribution in [0.3, 0.4) is 0 Å². The van der Waals surface area contributed by atoms with E-state index in [9.17, 15) is 9.18 Å². The highest BCUT2D eigenvalue weighted by molar-refractivity contribution is 6.30. The van der Waals surface area contributed by atoms with Crippen LogP contribution in [-0.4, -0.2) is 47.0 Å². The number of amides is 1. The number of hydrogen-bond donors (Lipinski definition) is 2. The maximum absolute atomic E-state index is 14.6. The molecule has 180 valence electrons. The number of benzene rings is 1. The summed E-state index contributed by atoms with van der Waals surface area (Å²) < 4.78 is 20.5. The standard InChI is InChI=1S/C26H25ClFN5O2/c27-18-4-5-22(28)21(13-18)23-14-20(25-26(32-23)30-7-11-35-25)17-12-19(16-29-15-17)31-24(34)6-10-33-8-2-1-3-9-33/h4-6,10,12-16H,1-3,7-9,11H2,(H,30,32)(H,31,34). The van der Waals surface area contributed by atoms with Crippen molar-refractivity contribution in [3.8, 4) is 28.1 Å². The maximum Gasteiger partial charge on any atom is 0.249 e. The van der Waals surface area contributed by atoms with Crippen molar-refractivity contribution in [2.24, 2.45) is 0 Å². The molecule has 0 saturated carbocycles. The van der Waals surface area contributed by atoms with Crippen LogP contribution in [0.15, 0.2) is 55.0 Å². The first-order chi connectivity index (χ1) is 17.1. The molecule has 0 radical (unpaired) electrons. The van der Waals surface area contributed by atoms with E-state index >= 15 is 0 Å². The summed E-state index contributed by atoms with van der Waals surface area (Å²) in [5, 5.41) is 6.50. The van der Waals surface area contributed by atoms with Gasteiger partial charge in [-0.15, -0.1) is 0 Å². The molecule has 1 saturated heterocycles. The topological polar surface area (TPSA) is 79.4 Å². The van der Waals surface area contributed by atoms with Crippen molar-refractivity contribution in [1.82, 2.24) is 14.9 Å². The number of nitrogens with one attached hydrogen (secondary N) is 2. The average Bonchev–Trinajstić information content (AvgIpc) is 2.89. The number of carbonyl (C=O) groups is 1. The number of anilines is 2. The van der Waals surface area contributed by atoms with Crippen molar-refractivity contribution in [3.63, 3.8) is 0 Å². The third-order valence-electron chi connectivity index (χ3n) is 5.96. The van der Waals surface area contributed by atoms with Gasteiger partial charge in [0.15, 0.2) is 11.6 Å². The van der Waals surface area contributed by atoms with Gasteiger partial charge in [0.1, 0.15) is 12.4 Å². The van der Waals surface area contributed by atoms with Crippen molar-refractivity contribution in [3.05, 3.63) is 65.8 Å². The molecule has 2 aliphatic rings. The molecule has 2 aliphatic heterocycles. The summed E-state index contributed by atoms with van der Waals surface area (Å²) in [6, 6.07) is 7.92. The SMILES string of the molecule is O=C(C=CN1CCCCC1)Nc1cncc(-c2cc(-c3cc(Cl)ccc3F)nc3c2OCCN3)c1. The van der Waals surface area contributed by atoms with Crippen molar-refractivity contribution in [1.29, 1.82) is 0 Å². The van der Waals surface area contributed by atoms with Crippen molar-refractivity contribution in [2.45, 2.75) is 19.3 Å². The lowest BCUT2D eigenvalue weighted by atomic mass is 10.0. The van der Waals surface area contributed by atoms with Crippen LogP contribution in [-0.2, 0) is 4.79 Å². The fourth-order valence-corrected chi connectivity index (χ4v) is 4.42. The Kier molecular flexibility index (Phi) is 6.81. The van der Waals surface area contributed by atoms with Gasteiger partial charge in [0, 0.05) is 53.3 Å². The number of piperidine rings is 1. The van der Waals surface area contributed by atoms with Crippen LogP contribution in [0.5, 0.6) is 5.75 Å². The Bertz CT molecular complexity index is 1280. The fraction of sp³-hybridized carbons (Fsp3) is 0.269. The molecular weight excluding hydrogens is 469 g/mol. The number of aromatic nitrogens is 2. The van der Waals surface area contributed by atoms with Crippen molar-refractivity contribution in [2.75, 3.05) is 36.9 Å². The zero-order chi connectivity index (χ0) is 24.2. The molecule has 35 heavy (non-hydrogen) atoms. The second-order valence-corrected chi connectivity index (χ2v) is 8.93. The summed E-state index contributed by atoms with van der Waals surface area (Å²) in [7, 11) is 0. The highest BCUT2D eigenvalue weighted by Gasteiger charge is 2.21. The molecule has 0 spiro atoms. The normalized spacial score (nSPS) is 15.3. The number of halogens is 2. The summed E-state index contributed by atoms with van der Waals surface area (Å²) >= 11 is 6.12. The van der Waals surface area contributed by atoms with Crippen LogP contribution in [0.1, 0.15) is 19.3 Å². The Morgan fingerprint density at radius 3 is 2.86 bits per heavy atom. The highest BCUT2D eigenvalue weighted by Crippen LogP contribution is 2.41. The number of nitrogens with zero attached hydrogens (tertiary/aromatic N) is 3. The summed E-state index contributed by atoms with van der Waals surface area (Å²) in [5.74, 6) is 0.412. The second kappa shape index (κ2) is 10.3. The molecule has 9 heteroatoms. The first-order valence-electron chi connectivity index (χ1n) is 11.6. The molecule has 3 aromatic rings. The largest absolute Gasteiger partial charge is 0.487 e.